The molecule has 1 aromatic carbocycles. The first-order valence-corrected chi connectivity index (χ1v) is 4.12. The van der Waals surface area contributed by atoms with E-state index >= 15 is 0 Å². The highest BCUT2D eigenvalue weighted by Crippen LogP contribution is 2.35. The lowest BCUT2D eigenvalue weighted by atomic mass is 10.0. The number of carbonyl (C=O) groups is 1. The van der Waals surface area contributed by atoms with Crippen LogP contribution in [0.2, 0.25) is 0 Å². The van der Waals surface area contributed by atoms with Gasteiger partial charge in [-0.1, -0.05) is 6.92 Å². The number of benzene rings is 1. The molecular formula is C10H8F2O. The molecule has 3 heteroatoms. The Hall–Kier alpha value is -1.25. The highest BCUT2D eigenvalue weighted by atomic mass is 19.1. The second-order valence-corrected chi connectivity index (χ2v) is 3.35. The average Bonchev–Trinajstić information content (AvgIpc) is 2.36. The van der Waals surface area contributed by atoms with Crippen LogP contribution in [0.15, 0.2) is 12.1 Å². The van der Waals surface area contributed by atoms with Gasteiger partial charge in [0, 0.05) is 12.0 Å². The fraction of sp³-hybridized carbons (Fsp3) is 0.300. The van der Waals surface area contributed by atoms with Crippen LogP contribution in [0.5, 0.6) is 0 Å². The summed E-state index contributed by atoms with van der Waals surface area (Å²) in [5.41, 5.74) is 0.192. The lowest BCUT2D eigenvalue weighted by molar-refractivity contribution is 0.0987. The third-order valence-electron chi connectivity index (χ3n) is 2.40. The third kappa shape index (κ3) is 1.07. The fourth-order valence-corrected chi connectivity index (χ4v) is 1.81. The van der Waals surface area contributed by atoms with E-state index in [-0.39, 0.29) is 29.2 Å². The molecule has 0 fully saturated rings. The maximum atomic E-state index is 13.2. The smallest absolute Gasteiger partial charge is 0.166 e. The molecule has 0 radical (unpaired) electrons. The summed E-state index contributed by atoms with van der Waals surface area (Å²) in [4.78, 5) is 11.2. The van der Waals surface area contributed by atoms with Crippen molar-refractivity contribution in [2.75, 3.05) is 0 Å². The van der Waals surface area contributed by atoms with Crippen molar-refractivity contribution < 1.29 is 13.6 Å². The summed E-state index contributed by atoms with van der Waals surface area (Å²) in [6.07, 6.45) is 0.215. The number of hydrogen-bond acceptors (Lipinski definition) is 1. The van der Waals surface area contributed by atoms with Crippen molar-refractivity contribution in [3.63, 3.8) is 0 Å². The lowest BCUT2D eigenvalue weighted by Crippen LogP contribution is -1.98. The number of halogens is 2. The van der Waals surface area contributed by atoms with Crippen LogP contribution in [0.4, 0.5) is 8.78 Å². The van der Waals surface area contributed by atoms with Crippen molar-refractivity contribution in [1.29, 1.82) is 0 Å². The topological polar surface area (TPSA) is 17.1 Å². The minimum atomic E-state index is -0.606. The summed E-state index contributed by atoms with van der Waals surface area (Å²) in [6, 6.07) is 2.08. The van der Waals surface area contributed by atoms with E-state index in [0.29, 0.717) is 0 Å². The standard InChI is InChI=1S/C10H8F2O/c1-5-4-8(13)10-7(12)3-2-6(11)9(5)10/h2-3,5H,4H2,1H3. The van der Waals surface area contributed by atoms with Crippen LogP contribution < -0.4 is 0 Å². The number of fused-ring (bicyclic) bond motifs is 1. The molecule has 0 aliphatic heterocycles. The van der Waals surface area contributed by atoms with Gasteiger partial charge in [-0.2, -0.15) is 0 Å². The lowest BCUT2D eigenvalue weighted by Gasteiger charge is -2.04. The molecule has 0 amide bonds. The van der Waals surface area contributed by atoms with Gasteiger partial charge in [-0.15, -0.1) is 0 Å². The molecule has 1 nitrogen and oxygen atoms in total. The molecule has 0 bridgehead atoms. The first kappa shape index (κ1) is 8.35. The second-order valence-electron chi connectivity index (χ2n) is 3.35. The van der Waals surface area contributed by atoms with Crippen LogP contribution in [-0.2, 0) is 0 Å². The summed E-state index contributed by atoms with van der Waals surface area (Å²) >= 11 is 0. The zero-order chi connectivity index (χ0) is 9.59. The molecule has 13 heavy (non-hydrogen) atoms. The normalized spacial score (nSPS) is 20.5. The van der Waals surface area contributed by atoms with Gasteiger partial charge in [0.1, 0.15) is 11.6 Å². The summed E-state index contributed by atoms with van der Waals surface area (Å²) in [6.45, 7) is 1.73. The van der Waals surface area contributed by atoms with Crippen molar-refractivity contribution in [3.05, 3.63) is 34.9 Å². The van der Waals surface area contributed by atoms with Crippen molar-refractivity contribution in [2.45, 2.75) is 19.3 Å². The molecule has 2 rings (SSSR count). The predicted molar refractivity (Wildman–Crippen MR) is 43.7 cm³/mol. The molecule has 1 atom stereocenters. The quantitative estimate of drug-likeness (QED) is 0.602. The van der Waals surface area contributed by atoms with Crippen molar-refractivity contribution >= 4 is 5.78 Å². The molecule has 1 unspecified atom stereocenters. The molecule has 68 valence electrons. The van der Waals surface area contributed by atoms with Crippen LogP contribution >= 0.6 is 0 Å². The zero-order valence-electron chi connectivity index (χ0n) is 7.10. The number of rotatable bonds is 0. The predicted octanol–water partition coefficient (Wildman–Crippen LogP) is 2.65. The Kier molecular flexibility index (Phi) is 1.68. The number of Topliss-reactive ketones (excluding diaryl/α,β-unsaturated/α-hetero) is 1. The summed E-state index contributed by atoms with van der Waals surface area (Å²) in [7, 11) is 0. The van der Waals surface area contributed by atoms with Crippen LogP contribution in [0.25, 0.3) is 0 Å². The molecule has 0 heterocycles. The first-order chi connectivity index (χ1) is 6.11. The van der Waals surface area contributed by atoms with E-state index < -0.39 is 11.6 Å². The molecule has 0 spiro atoms. The molecule has 1 aliphatic carbocycles. The Balaban J connectivity index is 2.74. The first-order valence-electron chi connectivity index (χ1n) is 4.12. The van der Waals surface area contributed by atoms with Crippen LogP contribution in [-0.4, -0.2) is 5.78 Å². The van der Waals surface area contributed by atoms with E-state index in [1.807, 2.05) is 0 Å². The fourth-order valence-electron chi connectivity index (χ4n) is 1.81. The van der Waals surface area contributed by atoms with Crippen LogP contribution in [0, 0.1) is 11.6 Å². The highest BCUT2D eigenvalue weighted by molar-refractivity contribution is 6.01. The molecule has 0 saturated carbocycles. The highest BCUT2D eigenvalue weighted by Gasteiger charge is 2.31. The summed E-state index contributed by atoms with van der Waals surface area (Å²) in [5, 5.41) is 0. The third-order valence-corrected chi connectivity index (χ3v) is 2.40. The van der Waals surface area contributed by atoms with Gasteiger partial charge < -0.3 is 0 Å². The second kappa shape index (κ2) is 2.62. The van der Waals surface area contributed by atoms with Gasteiger partial charge in [0.2, 0.25) is 0 Å². The number of hydrogen-bond donors (Lipinski definition) is 0. The summed E-state index contributed by atoms with van der Waals surface area (Å²) < 4.78 is 26.3. The minimum Gasteiger partial charge on any atom is -0.294 e. The van der Waals surface area contributed by atoms with Gasteiger partial charge in [0.05, 0.1) is 5.56 Å². The molecular weight excluding hydrogens is 174 g/mol. The molecule has 0 N–H and O–H groups in total. The van der Waals surface area contributed by atoms with Crippen molar-refractivity contribution in [1.82, 2.24) is 0 Å². The van der Waals surface area contributed by atoms with E-state index in [1.54, 1.807) is 6.92 Å². The SMILES string of the molecule is CC1CC(=O)c2c(F)ccc(F)c21. The minimum absolute atomic E-state index is 0.0486. The maximum absolute atomic E-state index is 13.2. The Morgan fingerprint density at radius 1 is 1.31 bits per heavy atom. The van der Waals surface area contributed by atoms with Crippen molar-refractivity contribution in [2.24, 2.45) is 0 Å². The van der Waals surface area contributed by atoms with E-state index in [9.17, 15) is 13.6 Å². The van der Waals surface area contributed by atoms with Gasteiger partial charge in [-0.05, 0) is 18.1 Å². The Morgan fingerprint density at radius 3 is 2.54 bits per heavy atom. The Morgan fingerprint density at radius 2 is 1.92 bits per heavy atom. The number of carbonyl (C=O) groups excluding carboxylic acids is 1. The zero-order valence-corrected chi connectivity index (χ0v) is 7.10. The van der Waals surface area contributed by atoms with Gasteiger partial charge in [-0.25, -0.2) is 8.78 Å². The van der Waals surface area contributed by atoms with Crippen LogP contribution in [0.1, 0.15) is 35.2 Å². The summed E-state index contributed by atoms with van der Waals surface area (Å²) in [5.74, 6) is -1.57. The van der Waals surface area contributed by atoms with E-state index in [0.717, 1.165) is 12.1 Å². The molecule has 1 aliphatic rings. The molecule has 0 aromatic heterocycles. The maximum Gasteiger partial charge on any atom is 0.166 e. The molecule has 0 saturated heterocycles. The van der Waals surface area contributed by atoms with Gasteiger partial charge >= 0.3 is 0 Å². The molecule has 1 aromatic rings. The van der Waals surface area contributed by atoms with Crippen molar-refractivity contribution in [3.8, 4) is 0 Å². The monoisotopic (exact) mass is 182 g/mol. The van der Waals surface area contributed by atoms with E-state index in [2.05, 4.69) is 0 Å². The Bertz CT molecular complexity index is 385. The average molecular weight is 182 g/mol. The number of ketones is 1. The van der Waals surface area contributed by atoms with E-state index in [1.165, 1.54) is 0 Å². The van der Waals surface area contributed by atoms with Gasteiger partial charge in [-0.3, -0.25) is 4.79 Å². The largest absolute Gasteiger partial charge is 0.294 e. The van der Waals surface area contributed by atoms with Gasteiger partial charge in [0.25, 0.3) is 0 Å². The Labute approximate surface area is 74.4 Å². The van der Waals surface area contributed by atoms with Crippen LogP contribution in [0.3, 0.4) is 0 Å². The van der Waals surface area contributed by atoms with E-state index in [4.69, 9.17) is 0 Å². The van der Waals surface area contributed by atoms with Gasteiger partial charge in [0.15, 0.2) is 5.78 Å².